The van der Waals surface area contributed by atoms with Crippen molar-refractivity contribution in [3.05, 3.63) is 118 Å². The molecule has 0 fully saturated rings. The molecule has 200 valence electrons. The molecule has 0 bridgehead atoms. The number of hydrogen-bond donors (Lipinski definition) is 4. The molecule has 0 radical (unpaired) electrons. The smallest absolute Gasteiger partial charge is 0.416 e. The van der Waals surface area contributed by atoms with Crippen molar-refractivity contribution < 1.29 is 37.8 Å². The van der Waals surface area contributed by atoms with Gasteiger partial charge in [0.05, 0.1) is 5.56 Å². The summed E-state index contributed by atoms with van der Waals surface area (Å²) in [4.78, 5) is 31.9. The number of carboxylic acids is 2. The van der Waals surface area contributed by atoms with Gasteiger partial charge < -0.3 is 15.5 Å². The number of nitrogens with one attached hydrogen (secondary N) is 2. The Bertz CT molecular complexity index is 1220. The summed E-state index contributed by atoms with van der Waals surface area (Å²) in [6.45, 7) is 0.577. The number of halogens is 4. The van der Waals surface area contributed by atoms with Gasteiger partial charge in [-0.15, -0.1) is 0 Å². The number of aliphatic carboxylic acids is 2. The molecule has 1 unspecified atom stereocenters. The van der Waals surface area contributed by atoms with Crippen LogP contribution in [0.15, 0.2) is 91.0 Å². The number of carbonyl (C=O) groups excluding carboxylic acids is 1. The zero-order valence-corrected chi connectivity index (χ0v) is 20.5. The topological polar surface area (TPSA) is 116 Å². The SMILES string of the molecule is O=C(NCc1ccc(Cl)cc1)C(NCc1ccc(C(F)(F)F)cc1)c1ccccc1.O=C(O)/C=C/C(=O)O. The van der Waals surface area contributed by atoms with Crippen molar-refractivity contribution in [2.45, 2.75) is 25.3 Å². The maximum Gasteiger partial charge on any atom is 0.416 e. The average Bonchev–Trinajstić information content (AvgIpc) is 2.88. The summed E-state index contributed by atoms with van der Waals surface area (Å²) >= 11 is 5.88. The van der Waals surface area contributed by atoms with Crippen molar-refractivity contribution in [3.8, 4) is 0 Å². The van der Waals surface area contributed by atoms with Crippen LogP contribution in [0.2, 0.25) is 5.02 Å². The van der Waals surface area contributed by atoms with Crippen molar-refractivity contribution >= 4 is 29.4 Å². The highest BCUT2D eigenvalue weighted by molar-refractivity contribution is 6.30. The van der Waals surface area contributed by atoms with Gasteiger partial charge in [0.15, 0.2) is 0 Å². The van der Waals surface area contributed by atoms with Crippen LogP contribution in [0.1, 0.15) is 28.3 Å². The lowest BCUT2D eigenvalue weighted by molar-refractivity contribution is -0.137. The van der Waals surface area contributed by atoms with E-state index in [0.29, 0.717) is 29.3 Å². The highest BCUT2D eigenvalue weighted by Gasteiger charge is 2.30. The lowest BCUT2D eigenvalue weighted by Gasteiger charge is -2.19. The van der Waals surface area contributed by atoms with Crippen LogP contribution in [0.25, 0.3) is 0 Å². The molecular weight excluding hydrogens is 525 g/mol. The number of alkyl halides is 3. The van der Waals surface area contributed by atoms with E-state index in [-0.39, 0.29) is 12.5 Å². The fourth-order valence-corrected chi connectivity index (χ4v) is 3.20. The molecule has 3 rings (SSSR count). The zero-order chi connectivity index (χ0) is 28.1. The Morgan fingerprint density at radius 1 is 0.789 bits per heavy atom. The minimum absolute atomic E-state index is 0.233. The summed E-state index contributed by atoms with van der Waals surface area (Å²) < 4.78 is 38.2. The van der Waals surface area contributed by atoms with Crippen LogP contribution >= 0.6 is 11.6 Å². The largest absolute Gasteiger partial charge is 0.478 e. The van der Waals surface area contributed by atoms with Crippen LogP contribution in [0.4, 0.5) is 13.2 Å². The summed E-state index contributed by atoms with van der Waals surface area (Å²) in [5.41, 5.74) is 1.61. The monoisotopic (exact) mass is 548 g/mol. The fraction of sp³-hybridized carbons (Fsp3) is 0.148. The summed E-state index contributed by atoms with van der Waals surface area (Å²) in [6, 6.07) is 20.6. The number of rotatable bonds is 9. The lowest BCUT2D eigenvalue weighted by Crippen LogP contribution is -2.37. The third-order valence-corrected chi connectivity index (χ3v) is 5.19. The fourth-order valence-electron chi connectivity index (χ4n) is 3.07. The Hall–Kier alpha value is -4.15. The van der Waals surface area contributed by atoms with Crippen LogP contribution in [0.5, 0.6) is 0 Å². The average molecular weight is 549 g/mol. The minimum atomic E-state index is -4.37. The Kier molecular flexibility index (Phi) is 11.5. The molecule has 11 heteroatoms. The minimum Gasteiger partial charge on any atom is -0.478 e. The summed E-state index contributed by atoms with van der Waals surface area (Å²) in [5.74, 6) is -2.75. The first-order chi connectivity index (χ1) is 18.0. The summed E-state index contributed by atoms with van der Waals surface area (Å²) in [7, 11) is 0. The number of amides is 1. The Labute approximate surface area is 221 Å². The van der Waals surface area contributed by atoms with E-state index in [2.05, 4.69) is 10.6 Å². The standard InChI is InChI=1S/C23H20ClF3N2O.C4H4O4/c24-20-12-8-17(9-13-20)15-29-22(30)21(18-4-2-1-3-5-18)28-14-16-6-10-19(11-7-16)23(25,26)27;5-3(6)1-2-4(7)8/h1-13,21,28H,14-15H2,(H,29,30);1-2H,(H,5,6)(H,7,8)/b;2-1+. The van der Waals surface area contributed by atoms with Gasteiger partial charge in [-0.3, -0.25) is 10.1 Å². The molecule has 7 nitrogen and oxygen atoms in total. The molecule has 0 heterocycles. The number of carboxylic acid groups (broad SMARTS) is 2. The van der Waals surface area contributed by atoms with Crippen LogP contribution in [-0.4, -0.2) is 28.1 Å². The number of hydrogen-bond acceptors (Lipinski definition) is 4. The first-order valence-electron chi connectivity index (χ1n) is 11.1. The molecule has 1 atom stereocenters. The van der Waals surface area contributed by atoms with Gasteiger partial charge in [-0.05, 0) is 41.0 Å². The van der Waals surface area contributed by atoms with E-state index in [4.69, 9.17) is 21.8 Å². The molecule has 4 N–H and O–H groups in total. The third-order valence-electron chi connectivity index (χ3n) is 4.94. The van der Waals surface area contributed by atoms with E-state index in [1.165, 1.54) is 12.1 Å². The third kappa shape index (κ3) is 10.9. The van der Waals surface area contributed by atoms with Gasteiger partial charge in [0, 0.05) is 30.3 Å². The van der Waals surface area contributed by atoms with Crippen molar-refractivity contribution in [1.82, 2.24) is 10.6 Å². The first kappa shape index (κ1) is 30.1. The predicted octanol–water partition coefficient (Wildman–Crippen LogP) is 5.22. The van der Waals surface area contributed by atoms with Crippen molar-refractivity contribution in [2.24, 2.45) is 0 Å². The number of carbonyl (C=O) groups is 3. The maximum atomic E-state index is 12.8. The second-order valence-corrected chi connectivity index (χ2v) is 8.21. The lowest BCUT2D eigenvalue weighted by atomic mass is 10.0. The normalized spacial score (nSPS) is 11.8. The number of benzene rings is 3. The van der Waals surface area contributed by atoms with E-state index < -0.39 is 29.7 Å². The molecule has 0 aromatic heterocycles. The molecule has 0 saturated heterocycles. The van der Waals surface area contributed by atoms with E-state index in [1.54, 1.807) is 12.1 Å². The zero-order valence-electron chi connectivity index (χ0n) is 19.8. The molecule has 3 aromatic rings. The Morgan fingerprint density at radius 2 is 1.29 bits per heavy atom. The van der Waals surface area contributed by atoms with Gasteiger partial charge in [0.1, 0.15) is 6.04 Å². The summed E-state index contributed by atoms with van der Waals surface area (Å²) in [6.07, 6.45) is -3.26. The van der Waals surface area contributed by atoms with Gasteiger partial charge >= 0.3 is 18.1 Å². The molecule has 0 aliphatic heterocycles. The van der Waals surface area contributed by atoms with Gasteiger partial charge in [-0.2, -0.15) is 13.2 Å². The molecule has 0 aliphatic carbocycles. The maximum absolute atomic E-state index is 12.8. The quantitative estimate of drug-likeness (QED) is 0.273. The van der Waals surface area contributed by atoms with Crippen molar-refractivity contribution in [3.63, 3.8) is 0 Å². The van der Waals surface area contributed by atoms with E-state index >= 15 is 0 Å². The Balaban J connectivity index is 0.000000550. The predicted molar refractivity (Wildman–Crippen MR) is 135 cm³/mol. The molecule has 0 aliphatic rings. The first-order valence-corrected chi connectivity index (χ1v) is 11.4. The van der Waals surface area contributed by atoms with E-state index in [0.717, 1.165) is 23.3 Å². The van der Waals surface area contributed by atoms with Crippen LogP contribution in [0.3, 0.4) is 0 Å². The highest BCUT2D eigenvalue weighted by atomic mass is 35.5. The van der Waals surface area contributed by atoms with Gasteiger partial charge in [-0.1, -0.05) is 66.2 Å². The second-order valence-electron chi connectivity index (χ2n) is 7.77. The van der Waals surface area contributed by atoms with E-state index in [1.807, 2.05) is 42.5 Å². The van der Waals surface area contributed by atoms with Crippen LogP contribution < -0.4 is 10.6 Å². The van der Waals surface area contributed by atoms with Crippen LogP contribution in [-0.2, 0) is 33.6 Å². The molecular formula is C27H24ClF3N2O5. The van der Waals surface area contributed by atoms with Crippen molar-refractivity contribution in [1.29, 1.82) is 0 Å². The molecule has 38 heavy (non-hydrogen) atoms. The molecule has 1 amide bonds. The molecule has 0 saturated carbocycles. The molecule has 0 spiro atoms. The van der Waals surface area contributed by atoms with Crippen LogP contribution in [0, 0.1) is 0 Å². The summed E-state index contributed by atoms with van der Waals surface area (Å²) in [5, 5.41) is 22.3. The highest BCUT2D eigenvalue weighted by Crippen LogP contribution is 2.29. The Morgan fingerprint density at radius 3 is 1.79 bits per heavy atom. The van der Waals surface area contributed by atoms with Gasteiger partial charge in [0.2, 0.25) is 5.91 Å². The van der Waals surface area contributed by atoms with Gasteiger partial charge in [-0.25, -0.2) is 9.59 Å². The molecule has 3 aromatic carbocycles. The van der Waals surface area contributed by atoms with E-state index in [9.17, 15) is 27.6 Å². The second kappa shape index (κ2) is 14.6. The van der Waals surface area contributed by atoms with Crippen molar-refractivity contribution in [2.75, 3.05) is 0 Å². The van der Waals surface area contributed by atoms with Gasteiger partial charge in [0.25, 0.3) is 0 Å².